The summed E-state index contributed by atoms with van der Waals surface area (Å²) in [5.74, 6) is 1.60. The number of piperidine rings is 2. The van der Waals surface area contributed by atoms with Gasteiger partial charge in [0.1, 0.15) is 5.75 Å². The summed E-state index contributed by atoms with van der Waals surface area (Å²) >= 11 is 0. The molecule has 2 amide bonds. The van der Waals surface area contributed by atoms with E-state index in [1.54, 1.807) is 7.11 Å². The van der Waals surface area contributed by atoms with Crippen LogP contribution in [-0.2, 0) is 16.0 Å². The number of fused-ring (bicyclic) bond motifs is 2. The van der Waals surface area contributed by atoms with Crippen LogP contribution in [-0.4, -0.2) is 55.0 Å². The average molecular weight is 400 g/mol. The van der Waals surface area contributed by atoms with Crippen LogP contribution in [0.25, 0.3) is 0 Å². The maximum absolute atomic E-state index is 12.7. The van der Waals surface area contributed by atoms with Crippen molar-refractivity contribution in [1.29, 1.82) is 0 Å². The number of carbonyl (C=O) groups is 2. The van der Waals surface area contributed by atoms with Crippen molar-refractivity contribution in [3.05, 3.63) is 29.8 Å². The summed E-state index contributed by atoms with van der Waals surface area (Å²) in [5, 5.41) is 6.86. The van der Waals surface area contributed by atoms with Crippen LogP contribution in [0.1, 0.15) is 50.5 Å². The molecule has 0 spiro atoms. The van der Waals surface area contributed by atoms with Crippen LogP contribution in [0.15, 0.2) is 24.3 Å². The first-order valence-corrected chi connectivity index (χ1v) is 11.1. The molecule has 1 aromatic rings. The Morgan fingerprint density at radius 1 is 1.10 bits per heavy atom. The zero-order valence-electron chi connectivity index (χ0n) is 17.4. The number of ether oxygens (including phenoxy) is 1. The number of benzene rings is 1. The minimum atomic E-state index is 0.129. The molecule has 6 nitrogen and oxygen atoms in total. The van der Waals surface area contributed by atoms with E-state index in [1.165, 1.54) is 12.8 Å². The zero-order valence-corrected chi connectivity index (χ0v) is 17.4. The lowest BCUT2D eigenvalue weighted by atomic mass is 9.89. The van der Waals surface area contributed by atoms with Crippen LogP contribution >= 0.6 is 0 Å². The van der Waals surface area contributed by atoms with E-state index in [0.717, 1.165) is 37.0 Å². The second-order valence-corrected chi connectivity index (χ2v) is 8.89. The van der Waals surface area contributed by atoms with E-state index < -0.39 is 0 Å². The van der Waals surface area contributed by atoms with Crippen LogP contribution in [0.3, 0.4) is 0 Å². The summed E-state index contributed by atoms with van der Waals surface area (Å²) in [6.07, 6.45) is 7.50. The molecule has 3 aliphatic heterocycles. The van der Waals surface area contributed by atoms with Crippen molar-refractivity contribution >= 4 is 11.8 Å². The molecule has 3 heterocycles. The summed E-state index contributed by atoms with van der Waals surface area (Å²) in [4.78, 5) is 27.1. The monoisotopic (exact) mass is 399 g/mol. The van der Waals surface area contributed by atoms with Gasteiger partial charge in [0.05, 0.1) is 13.5 Å². The number of hydrogen-bond acceptors (Lipinski definition) is 4. The van der Waals surface area contributed by atoms with Gasteiger partial charge in [-0.1, -0.05) is 18.2 Å². The van der Waals surface area contributed by atoms with Crippen LogP contribution in [0, 0.1) is 5.92 Å². The number of para-hydroxylation sites is 1. The Labute approximate surface area is 173 Å². The molecule has 4 rings (SSSR count). The minimum Gasteiger partial charge on any atom is -0.496 e. The second-order valence-electron chi connectivity index (χ2n) is 8.89. The molecule has 3 aliphatic rings. The standard InChI is InChI=1S/C23H33N3O3/c1-29-21-5-3-2-4-17(21)15-23(28)26-10-8-18(9-11-26)25-22(27)14-16-12-19-6-7-20(13-16)24-19/h2-5,16,18-20,24H,6-15H2,1H3,(H,25,27). The molecule has 0 saturated carbocycles. The number of carbonyl (C=O) groups excluding carboxylic acids is 2. The fraction of sp³-hybridized carbons (Fsp3) is 0.652. The number of likely N-dealkylation sites (tertiary alicyclic amines) is 1. The van der Waals surface area contributed by atoms with Crippen molar-refractivity contribution in [2.24, 2.45) is 5.92 Å². The lowest BCUT2D eigenvalue weighted by Gasteiger charge is -2.33. The van der Waals surface area contributed by atoms with Gasteiger partial charge in [0.15, 0.2) is 0 Å². The van der Waals surface area contributed by atoms with Gasteiger partial charge < -0.3 is 20.3 Å². The Hall–Kier alpha value is -2.08. The molecule has 29 heavy (non-hydrogen) atoms. The van der Waals surface area contributed by atoms with Gasteiger partial charge in [-0.2, -0.15) is 0 Å². The number of nitrogens with one attached hydrogen (secondary N) is 2. The Morgan fingerprint density at radius 2 is 1.79 bits per heavy atom. The van der Waals surface area contributed by atoms with E-state index in [-0.39, 0.29) is 17.9 Å². The van der Waals surface area contributed by atoms with E-state index in [4.69, 9.17) is 4.74 Å². The van der Waals surface area contributed by atoms with E-state index >= 15 is 0 Å². The first-order chi connectivity index (χ1) is 14.1. The van der Waals surface area contributed by atoms with Crippen LogP contribution < -0.4 is 15.4 Å². The van der Waals surface area contributed by atoms with Crippen LogP contribution in [0.5, 0.6) is 5.75 Å². The molecular formula is C23H33N3O3. The van der Waals surface area contributed by atoms with Gasteiger partial charge in [-0.3, -0.25) is 9.59 Å². The van der Waals surface area contributed by atoms with E-state index in [0.29, 0.717) is 43.9 Å². The fourth-order valence-corrected chi connectivity index (χ4v) is 5.29. The van der Waals surface area contributed by atoms with Crippen LogP contribution in [0.4, 0.5) is 0 Å². The van der Waals surface area contributed by atoms with Gasteiger partial charge in [0, 0.05) is 43.2 Å². The normalized spacial score (nSPS) is 26.9. The maximum atomic E-state index is 12.7. The number of rotatable bonds is 6. The highest BCUT2D eigenvalue weighted by atomic mass is 16.5. The van der Waals surface area contributed by atoms with Gasteiger partial charge in [-0.15, -0.1) is 0 Å². The molecule has 3 saturated heterocycles. The van der Waals surface area contributed by atoms with Gasteiger partial charge in [0.25, 0.3) is 0 Å². The predicted molar refractivity (Wildman–Crippen MR) is 112 cm³/mol. The largest absolute Gasteiger partial charge is 0.496 e. The van der Waals surface area contributed by atoms with Crippen molar-refractivity contribution in [2.45, 2.75) is 69.5 Å². The molecule has 2 bridgehead atoms. The number of methoxy groups -OCH3 is 1. The summed E-state index contributed by atoms with van der Waals surface area (Å²) in [6.45, 7) is 1.41. The van der Waals surface area contributed by atoms with Crippen LogP contribution in [0.2, 0.25) is 0 Å². The van der Waals surface area contributed by atoms with Gasteiger partial charge >= 0.3 is 0 Å². The highest BCUT2D eigenvalue weighted by molar-refractivity contribution is 5.80. The number of hydrogen-bond donors (Lipinski definition) is 2. The predicted octanol–water partition coefficient (Wildman–Crippen LogP) is 2.27. The minimum absolute atomic E-state index is 0.129. The topological polar surface area (TPSA) is 70.7 Å². The summed E-state index contributed by atoms with van der Waals surface area (Å²) in [6, 6.07) is 9.12. The maximum Gasteiger partial charge on any atom is 0.227 e. The molecule has 6 heteroatoms. The van der Waals surface area contributed by atoms with Gasteiger partial charge in [-0.05, 0) is 50.5 Å². The Morgan fingerprint density at radius 3 is 2.48 bits per heavy atom. The van der Waals surface area contributed by atoms with E-state index in [2.05, 4.69) is 10.6 Å². The van der Waals surface area contributed by atoms with E-state index in [1.807, 2.05) is 29.2 Å². The molecule has 2 atom stereocenters. The highest BCUT2D eigenvalue weighted by Crippen LogP contribution is 2.32. The smallest absolute Gasteiger partial charge is 0.227 e. The highest BCUT2D eigenvalue weighted by Gasteiger charge is 2.34. The molecule has 3 fully saturated rings. The first kappa shape index (κ1) is 20.2. The number of nitrogens with zero attached hydrogens (tertiary/aromatic N) is 1. The Bertz CT molecular complexity index is 718. The van der Waals surface area contributed by atoms with Crippen molar-refractivity contribution in [3.8, 4) is 5.75 Å². The molecule has 0 radical (unpaired) electrons. The second kappa shape index (κ2) is 9.16. The third-order valence-electron chi connectivity index (χ3n) is 6.79. The quantitative estimate of drug-likeness (QED) is 0.770. The lowest BCUT2D eigenvalue weighted by molar-refractivity contribution is -0.131. The average Bonchev–Trinajstić information content (AvgIpc) is 3.07. The van der Waals surface area contributed by atoms with Crippen molar-refractivity contribution in [3.63, 3.8) is 0 Å². The van der Waals surface area contributed by atoms with Crippen molar-refractivity contribution < 1.29 is 14.3 Å². The van der Waals surface area contributed by atoms with Gasteiger partial charge in [0.2, 0.25) is 11.8 Å². The molecule has 158 valence electrons. The SMILES string of the molecule is COc1ccccc1CC(=O)N1CCC(NC(=O)CC2CC3CCC(C2)N3)CC1. The van der Waals surface area contributed by atoms with E-state index in [9.17, 15) is 9.59 Å². The molecule has 0 aliphatic carbocycles. The third kappa shape index (κ3) is 5.10. The summed E-state index contributed by atoms with van der Waals surface area (Å²) < 4.78 is 5.35. The first-order valence-electron chi connectivity index (χ1n) is 11.1. The molecule has 1 aromatic carbocycles. The molecule has 2 unspecified atom stereocenters. The molecule has 0 aromatic heterocycles. The zero-order chi connectivity index (χ0) is 20.2. The molecule has 2 N–H and O–H groups in total. The summed E-state index contributed by atoms with van der Waals surface area (Å²) in [7, 11) is 1.63. The fourth-order valence-electron chi connectivity index (χ4n) is 5.29. The van der Waals surface area contributed by atoms with Crippen molar-refractivity contribution in [1.82, 2.24) is 15.5 Å². The lowest BCUT2D eigenvalue weighted by Crippen LogP contribution is -2.47. The van der Waals surface area contributed by atoms with Gasteiger partial charge in [-0.25, -0.2) is 0 Å². The Balaban J connectivity index is 1.20. The number of amides is 2. The molecular weight excluding hydrogens is 366 g/mol. The van der Waals surface area contributed by atoms with Crippen molar-refractivity contribution in [2.75, 3.05) is 20.2 Å². The summed E-state index contributed by atoms with van der Waals surface area (Å²) in [5.41, 5.74) is 0.923. The Kier molecular flexibility index (Phi) is 6.38. The third-order valence-corrected chi connectivity index (χ3v) is 6.79.